The number of nitrogens with zero attached hydrogens (tertiary/aromatic N) is 1. The van der Waals surface area contributed by atoms with Crippen LogP contribution in [0, 0.1) is 0 Å². The molecule has 0 aliphatic carbocycles. The zero-order chi connectivity index (χ0) is 14.1. The van der Waals surface area contributed by atoms with Crippen LogP contribution in [0.5, 0.6) is 0 Å². The summed E-state index contributed by atoms with van der Waals surface area (Å²) in [6.45, 7) is 5.11. The zero-order valence-corrected chi connectivity index (χ0v) is 14.1. The standard InChI is InChI=1S/C11H13Br2NO3S/c1-11(2,3)14(5-8(15)16)10(17)6-4-7(12)18-9(6)13/h4H,5H2,1-3H3,(H,15,16). The molecular formula is C11H13Br2NO3S. The van der Waals surface area contributed by atoms with Crippen LogP contribution in [-0.4, -0.2) is 34.0 Å². The maximum atomic E-state index is 12.4. The number of amides is 1. The van der Waals surface area contributed by atoms with E-state index in [1.165, 1.54) is 16.2 Å². The van der Waals surface area contributed by atoms with Crippen molar-refractivity contribution in [2.45, 2.75) is 26.3 Å². The normalized spacial score (nSPS) is 11.4. The van der Waals surface area contributed by atoms with Crippen molar-refractivity contribution in [2.24, 2.45) is 0 Å². The summed E-state index contributed by atoms with van der Waals surface area (Å²) < 4.78 is 1.51. The Morgan fingerprint density at radius 3 is 2.28 bits per heavy atom. The van der Waals surface area contributed by atoms with Crippen LogP contribution in [0.3, 0.4) is 0 Å². The van der Waals surface area contributed by atoms with Crippen molar-refractivity contribution < 1.29 is 14.7 Å². The topological polar surface area (TPSA) is 57.6 Å². The van der Waals surface area contributed by atoms with Crippen LogP contribution < -0.4 is 0 Å². The van der Waals surface area contributed by atoms with Gasteiger partial charge >= 0.3 is 5.97 Å². The van der Waals surface area contributed by atoms with E-state index < -0.39 is 11.5 Å². The molecule has 1 amide bonds. The fraction of sp³-hybridized carbons (Fsp3) is 0.455. The van der Waals surface area contributed by atoms with Gasteiger partial charge in [0, 0.05) is 5.54 Å². The second-order valence-corrected chi connectivity index (χ2v) is 8.44. The van der Waals surface area contributed by atoms with Gasteiger partial charge < -0.3 is 10.0 Å². The van der Waals surface area contributed by atoms with Gasteiger partial charge in [-0.05, 0) is 58.7 Å². The minimum atomic E-state index is -1.02. The first-order valence-electron chi connectivity index (χ1n) is 5.11. The van der Waals surface area contributed by atoms with Gasteiger partial charge in [0.25, 0.3) is 5.91 Å². The number of carboxylic acids is 1. The van der Waals surface area contributed by atoms with Crippen molar-refractivity contribution in [2.75, 3.05) is 6.54 Å². The predicted molar refractivity (Wildman–Crippen MR) is 78.1 cm³/mol. The molecule has 0 unspecified atom stereocenters. The summed E-state index contributed by atoms with van der Waals surface area (Å²) in [6, 6.07) is 1.69. The molecule has 0 fully saturated rings. The number of hydrogen-bond donors (Lipinski definition) is 1. The lowest BCUT2D eigenvalue weighted by molar-refractivity contribution is -0.138. The van der Waals surface area contributed by atoms with E-state index in [0.717, 1.165) is 3.79 Å². The van der Waals surface area contributed by atoms with Crippen molar-refractivity contribution in [1.82, 2.24) is 4.90 Å². The molecule has 100 valence electrons. The van der Waals surface area contributed by atoms with Crippen LogP contribution in [0.4, 0.5) is 0 Å². The first kappa shape index (κ1) is 15.7. The zero-order valence-electron chi connectivity index (χ0n) is 10.2. The van der Waals surface area contributed by atoms with Crippen molar-refractivity contribution in [1.29, 1.82) is 0 Å². The molecule has 1 heterocycles. The second-order valence-electron chi connectivity index (χ2n) is 4.69. The fourth-order valence-electron chi connectivity index (χ4n) is 1.38. The molecule has 0 saturated carbocycles. The van der Waals surface area contributed by atoms with Crippen LogP contribution in [0.2, 0.25) is 0 Å². The number of hydrogen-bond acceptors (Lipinski definition) is 3. The molecule has 0 aliphatic rings. The smallest absolute Gasteiger partial charge is 0.323 e. The highest BCUT2D eigenvalue weighted by molar-refractivity contribution is 9.12. The molecule has 0 spiro atoms. The van der Waals surface area contributed by atoms with Crippen molar-refractivity contribution in [3.05, 3.63) is 19.2 Å². The SMILES string of the molecule is CC(C)(C)N(CC(=O)O)C(=O)c1cc(Br)sc1Br. The van der Waals surface area contributed by atoms with Crippen molar-refractivity contribution >= 4 is 55.1 Å². The Morgan fingerprint density at radius 2 is 1.94 bits per heavy atom. The third kappa shape index (κ3) is 3.80. The van der Waals surface area contributed by atoms with Crippen molar-refractivity contribution in [3.8, 4) is 0 Å². The minimum Gasteiger partial charge on any atom is -0.480 e. The van der Waals surface area contributed by atoms with E-state index in [4.69, 9.17) is 5.11 Å². The van der Waals surface area contributed by atoms with Crippen LogP contribution in [-0.2, 0) is 4.79 Å². The van der Waals surface area contributed by atoms with Gasteiger partial charge in [-0.15, -0.1) is 11.3 Å². The van der Waals surface area contributed by atoms with E-state index in [1.54, 1.807) is 6.07 Å². The van der Waals surface area contributed by atoms with Gasteiger partial charge in [0.2, 0.25) is 0 Å². The molecule has 0 aliphatic heterocycles. The average Bonchev–Trinajstić information content (AvgIpc) is 2.51. The van der Waals surface area contributed by atoms with Gasteiger partial charge in [-0.2, -0.15) is 0 Å². The number of halogens is 2. The lowest BCUT2D eigenvalue weighted by Gasteiger charge is -2.34. The van der Waals surface area contributed by atoms with Crippen LogP contribution >= 0.6 is 43.2 Å². The summed E-state index contributed by atoms with van der Waals surface area (Å²) in [5, 5.41) is 8.91. The van der Waals surface area contributed by atoms with E-state index >= 15 is 0 Å². The van der Waals surface area contributed by atoms with E-state index in [0.29, 0.717) is 9.35 Å². The number of carbonyl (C=O) groups excluding carboxylic acids is 1. The molecule has 7 heteroatoms. The van der Waals surface area contributed by atoms with Gasteiger partial charge in [-0.1, -0.05) is 0 Å². The Hall–Kier alpha value is -0.400. The van der Waals surface area contributed by atoms with Crippen LogP contribution in [0.15, 0.2) is 13.6 Å². The molecule has 0 radical (unpaired) electrons. The number of aliphatic carboxylic acids is 1. The molecule has 1 aromatic heterocycles. The summed E-state index contributed by atoms with van der Waals surface area (Å²) >= 11 is 8.00. The molecule has 1 aromatic rings. The molecule has 1 rings (SSSR count). The summed E-state index contributed by atoms with van der Waals surface area (Å²) in [6.07, 6.45) is 0. The highest BCUT2D eigenvalue weighted by Crippen LogP contribution is 2.33. The van der Waals surface area contributed by atoms with E-state index in [9.17, 15) is 9.59 Å². The Kier molecular flexibility index (Phi) is 4.97. The summed E-state index contributed by atoms with van der Waals surface area (Å²) in [4.78, 5) is 24.6. The summed E-state index contributed by atoms with van der Waals surface area (Å²) in [5.74, 6) is -1.32. The third-order valence-electron chi connectivity index (χ3n) is 2.24. The summed E-state index contributed by atoms with van der Waals surface area (Å²) in [5.41, 5.74) is -0.0772. The molecule has 18 heavy (non-hydrogen) atoms. The quantitative estimate of drug-likeness (QED) is 0.846. The fourth-order valence-corrected chi connectivity index (χ4v) is 4.16. The number of carboxylic acid groups (broad SMARTS) is 1. The Morgan fingerprint density at radius 1 is 1.39 bits per heavy atom. The first-order chi connectivity index (χ1) is 8.12. The molecular weight excluding hydrogens is 386 g/mol. The lowest BCUT2D eigenvalue weighted by Crippen LogP contribution is -2.48. The predicted octanol–water partition coefficient (Wildman–Crippen LogP) is 3.60. The molecule has 0 saturated heterocycles. The van der Waals surface area contributed by atoms with E-state index in [2.05, 4.69) is 31.9 Å². The largest absolute Gasteiger partial charge is 0.480 e. The summed E-state index contributed by atoms with van der Waals surface area (Å²) in [7, 11) is 0. The van der Waals surface area contributed by atoms with E-state index in [1.807, 2.05) is 20.8 Å². The Labute approximate surface area is 126 Å². The van der Waals surface area contributed by atoms with Gasteiger partial charge in [-0.3, -0.25) is 9.59 Å². The highest BCUT2D eigenvalue weighted by Gasteiger charge is 2.30. The van der Waals surface area contributed by atoms with Gasteiger partial charge in [0.15, 0.2) is 0 Å². The maximum Gasteiger partial charge on any atom is 0.323 e. The number of carbonyl (C=O) groups is 2. The van der Waals surface area contributed by atoms with Crippen LogP contribution in [0.1, 0.15) is 31.1 Å². The molecule has 0 bridgehead atoms. The third-order valence-corrected chi connectivity index (χ3v) is 4.57. The number of thiophene rings is 1. The Bertz CT molecular complexity index is 479. The lowest BCUT2D eigenvalue weighted by atomic mass is 10.0. The van der Waals surface area contributed by atoms with Gasteiger partial charge in [0.1, 0.15) is 6.54 Å². The van der Waals surface area contributed by atoms with E-state index in [-0.39, 0.29) is 12.5 Å². The Balaban J connectivity index is 3.10. The highest BCUT2D eigenvalue weighted by atomic mass is 79.9. The molecule has 0 aromatic carbocycles. The molecule has 4 nitrogen and oxygen atoms in total. The van der Waals surface area contributed by atoms with Crippen LogP contribution in [0.25, 0.3) is 0 Å². The first-order valence-corrected chi connectivity index (χ1v) is 7.51. The maximum absolute atomic E-state index is 12.4. The molecule has 1 N–H and O–H groups in total. The second kappa shape index (κ2) is 5.71. The monoisotopic (exact) mass is 397 g/mol. The van der Waals surface area contributed by atoms with Gasteiger partial charge in [0.05, 0.1) is 13.1 Å². The average molecular weight is 399 g/mol. The van der Waals surface area contributed by atoms with Crippen molar-refractivity contribution in [3.63, 3.8) is 0 Å². The molecule has 0 atom stereocenters. The number of rotatable bonds is 3. The van der Waals surface area contributed by atoms with Gasteiger partial charge in [-0.25, -0.2) is 0 Å². The minimum absolute atomic E-state index is 0.293.